The van der Waals surface area contributed by atoms with Crippen molar-refractivity contribution in [3.05, 3.63) is 29.8 Å². The van der Waals surface area contributed by atoms with Crippen LogP contribution < -0.4 is 4.90 Å². The number of hydrogen-bond donors (Lipinski definition) is 0. The molecule has 0 radical (unpaired) electrons. The molecule has 116 valence electrons. The molecule has 0 saturated carbocycles. The van der Waals surface area contributed by atoms with Gasteiger partial charge in [-0.3, -0.25) is 9.69 Å². The Morgan fingerprint density at radius 3 is 2.33 bits per heavy atom. The van der Waals surface area contributed by atoms with Gasteiger partial charge in [-0.2, -0.15) is 13.2 Å². The number of morpholine rings is 1. The zero-order valence-electron chi connectivity index (χ0n) is 11.7. The maximum atomic E-state index is 12.4. The molecule has 0 atom stereocenters. The lowest BCUT2D eigenvalue weighted by molar-refractivity contribution is -0.170. The third kappa shape index (κ3) is 4.18. The minimum absolute atomic E-state index is 0.225. The molecule has 1 saturated heterocycles. The van der Waals surface area contributed by atoms with Crippen LogP contribution in [0.15, 0.2) is 24.3 Å². The molecule has 0 bridgehead atoms. The minimum Gasteiger partial charge on any atom is -0.379 e. The number of benzene rings is 1. The Morgan fingerprint density at radius 2 is 1.81 bits per heavy atom. The van der Waals surface area contributed by atoms with Gasteiger partial charge in [0.1, 0.15) is 0 Å². The van der Waals surface area contributed by atoms with Gasteiger partial charge in [0.15, 0.2) is 0 Å². The average Bonchev–Trinajstić information content (AvgIpc) is 2.46. The number of carbonyl (C=O) groups excluding carboxylic acids is 1. The van der Waals surface area contributed by atoms with Crippen molar-refractivity contribution in [2.24, 2.45) is 0 Å². The first-order chi connectivity index (χ1) is 9.88. The van der Waals surface area contributed by atoms with E-state index in [1.54, 1.807) is 12.1 Å². The Labute approximate surface area is 121 Å². The van der Waals surface area contributed by atoms with Crippen LogP contribution in [0.1, 0.15) is 5.56 Å². The first-order valence-corrected chi connectivity index (χ1v) is 6.62. The molecular weight excluding hydrogens is 285 g/mol. The first-order valence-electron chi connectivity index (χ1n) is 6.62. The first kappa shape index (κ1) is 15.8. The van der Waals surface area contributed by atoms with E-state index in [4.69, 9.17) is 4.74 Å². The third-order valence-electron chi connectivity index (χ3n) is 3.38. The molecule has 0 aliphatic carbocycles. The van der Waals surface area contributed by atoms with Crippen LogP contribution in [0.5, 0.6) is 0 Å². The SMILES string of the molecule is CN(C(=O)C(F)(F)F)c1ccc(CN2CCOCC2)cc1. The van der Waals surface area contributed by atoms with E-state index < -0.39 is 12.1 Å². The van der Waals surface area contributed by atoms with E-state index in [1.807, 2.05) is 0 Å². The molecule has 0 spiro atoms. The maximum Gasteiger partial charge on any atom is 0.471 e. The van der Waals surface area contributed by atoms with Crippen molar-refractivity contribution < 1.29 is 22.7 Å². The summed E-state index contributed by atoms with van der Waals surface area (Å²) in [6.45, 7) is 3.80. The minimum atomic E-state index is -4.86. The van der Waals surface area contributed by atoms with Crippen molar-refractivity contribution >= 4 is 11.6 Å². The maximum absolute atomic E-state index is 12.4. The van der Waals surface area contributed by atoms with Gasteiger partial charge in [-0.05, 0) is 17.7 Å². The fourth-order valence-corrected chi connectivity index (χ4v) is 2.15. The van der Waals surface area contributed by atoms with E-state index in [2.05, 4.69) is 4.90 Å². The molecule has 1 aromatic carbocycles. The van der Waals surface area contributed by atoms with E-state index in [1.165, 1.54) is 12.1 Å². The Kier molecular flexibility index (Phi) is 4.84. The lowest BCUT2D eigenvalue weighted by Gasteiger charge is -2.26. The Bertz CT molecular complexity index is 482. The summed E-state index contributed by atoms with van der Waals surface area (Å²) in [7, 11) is 1.12. The molecule has 0 aromatic heterocycles. The molecule has 0 unspecified atom stereocenters. The van der Waals surface area contributed by atoms with Gasteiger partial charge in [0.05, 0.1) is 13.2 Å². The molecule has 1 heterocycles. The second-order valence-electron chi connectivity index (χ2n) is 4.92. The Balaban J connectivity index is 1.99. The van der Waals surface area contributed by atoms with Crippen LogP contribution in [-0.2, 0) is 16.1 Å². The normalized spacial score (nSPS) is 16.8. The van der Waals surface area contributed by atoms with Crippen molar-refractivity contribution in [2.75, 3.05) is 38.3 Å². The number of rotatable bonds is 3. The topological polar surface area (TPSA) is 32.8 Å². The molecule has 1 fully saturated rings. The molecule has 1 amide bonds. The lowest BCUT2D eigenvalue weighted by Crippen LogP contribution is -2.38. The molecule has 1 aliphatic heterocycles. The van der Waals surface area contributed by atoms with Gasteiger partial charge in [-0.1, -0.05) is 12.1 Å². The molecule has 21 heavy (non-hydrogen) atoms. The van der Waals surface area contributed by atoms with E-state index >= 15 is 0 Å². The summed E-state index contributed by atoms with van der Waals surface area (Å²) in [5.41, 5.74) is 1.22. The summed E-state index contributed by atoms with van der Waals surface area (Å²) < 4.78 is 42.3. The summed E-state index contributed by atoms with van der Waals surface area (Å²) in [6.07, 6.45) is -4.86. The monoisotopic (exact) mass is 302 g/mol. The van der Waals surface area contributed by atoms with Gasteiger partial charge in [-0.25, -0.2) is 0 Å². The van der Waals surface area contributed by atoms with Gasteiger partial charge in [0, 0.05) is 32.4 Å². The van der Waals surface area contributed by atoms with Crippen molar-refractivity contribution in [3.63, 3.8) is 0 Å². The highest BCUT2D eigenvalue weighted by atomic mass is 19.4. The number of alkyl halides is 3. The molecule has 7 heteroatoms. The number of anilines is 1. The zero-order valence-corrected chi connectivity index (χ0v) is 11.7. The third-order valence-corrected chi connectivity index (χ3v) is 3.38. The number of halogens is 3. The summed E-state index contributed by atoms with van der Waals surface area (Å²) in [4.78, 5) is 14.0. The molecule has 4 nitrogen and oxygen atoms in total. The highest BCUT2D eigenvalue weighted by Gasteiger charge is 2.41. The number of nitrogens with zero attached hydrogens (tertiary/aromatic N) is 2. The van der Waals surface area contributed by atoms with Crippen molar-refractivity contribution in [2.45, 2.75) is 12.7 Å². The number of ether oxygens (including phenoxy) is 1. The van der Waals surface area contributed by atoms with Crippen LogP contribution in [0.25, 0.3) is 0 Å². The van der Waals surface area contributed by atoms with Crippen molar-refractivity contribution in [1.29, 1.82) is 0 Å². The molecule has 2 rings (SSSR count). The second-order valence-corrected chi connectivity index (χ2v) is 4.92. The van der Waals surface area contributed by atoms with Crippen LogP contribution in [0, 0.1) is 0 Å². The van der Waals surface area contributed by atoms with Gasteiger partial charge in [0.2, 0.25) is 0 Å². The van der Waals surface area contributed by atoms with Crippen LogP contribution in [-0.4, -0.2) is 50.3 Å². The smallest absolute Gasteiger partial charge is 0.379 e. The van der Waals surface area contributed by atoms with E-state index in [9.17, 15) is 18.0 Å². The van der Waals surface area contributed by atoms with Crippen LogP contribution >= 0.6 is 0 Å². The number of hydrogen-bond acceptors (Lipinski definition) is 3. The van der Waals surface area contributed by atoms with Crippen molar-refractivity contribution in [3.8, 4) is 0 Å². The van der Waals surface area contributed by atoms with E-state index in [-0.39, 0.29) is 5.69 Å². The molecule has 1 aromatic rings. The van der Waals surface area contributed by atoms with Gasteiger partial charge < -0.3 is 9.64 Å². The Hall–Kier alpha value is -1.60. The second kappa shape index (κ2) is 6.44. The quantitative estimate of drug-likeness (QED) is 0.856. The van der Waals surface area contributed by atoms with Gasteiger partial charge >= 0.3 is 12.1 Å². The van der Waals surface area contributed by atoms with Gasteiger partial charge in [0.25, 0.3) is 0 Å². The lowest BCUT2D eigenvalue weighted by atomic mass is 10.1. The summed E-state index contributed by atoms with van der Waals surface area (Å²) in [5.74, 6) is -1.87. The van der Waals surface area contributed by atoms with Gasteiger partial charge in [-0.15, -0.1) is 0 Å². The zero-order chi connectivity index (χ0) is 15.5. The van der Waals surface area contributed by atoms with Crippen LogP contribution in [0.3, 0.4) is 0 Å². The molecule has 1 aliphatic rings. The number of amides is 1. The van der Waals surface area contributed by atoms with E-state index in [0.29, 0.717) is 18.1 Å². The Morgan fingerprint density at radius 1 is 1.24 bits per heavy atom. The number of carbonyl (C=O) groups is 1. The fraction of sp³-hybridized carbons (Fsp3) is 0.500. The highest BCUT2D eigenvalue weighted by molar-refractivity contribution is 5.96. The van der Waals surface area contributed by atoms with E-state index in [0.717, 1.165) is 32.2 Å². The standard InChI is InChI=1S/C14H17F3N2O2/c1-18(13(20)14(15,16)17)12-4-2-11(3-5-12)10-19-6-8-21-9-7-19/h2-5H,6-10H2,1H3. The summed E-state index contributed by atoms with van der Waals surface area (Å²) in [6, 6.07) is 6.54. The predicted octanol–water partition coefficient (Wildman–Crippen LogP) is 2.04. The molecule has 0 N–H and O–H groups in total. The summed E-state index contributed by atoms with van der Waals surface area (Å²) in [5, 5.41) is 0. The largest absolute Gasteiger partial charge is 0.471 e. The van der Waals surface area contributed by atoms with Crippen LogP contribution in [0.2, 0.25) is 0 Å². The highest BCUT2D eigenvalue weighted by Crippen LogP contribution is 2.23. The molecular formula is C14H17F3N2O2. The van der Waals surface area contributed by atoms with Crippen LogP contribution in [0.4, 0.5) is 18.9 Å². The summed E-state index contributed by atoms with van der Waals surface area (Å²) >= 11 is 0. The fourth-order valence-electron chi connectivity index (χ4n) is 2.15. The average molecular weight is 302 g/mol. The van der Waals surface area contributed by atoms with Crippen molar-refractivity contribution in [1.82, 2.24) is 4.90 Å². The predicted molar refractivity (Wildman–Crippen MR) is 72.0 cm³/mol.